The van der Waals surface area contributed by atoms with Crippen LogP contribution in [0.2, 0.25) is 0 Å². The molecule has 0 radical (unpaired) electrons. The Balaban J connectivity index is 1.28. The lowest BCUT2D eigenvalue weighted by Gasteiger charge is -2.36. The summed E-state index contributed by atoms with van der Waals surface area (Å²) in [7, 11) is -3.76. The fraction of sp³-hybridized carbons (Fsp3) is 0.667. The molecule has 0 spiro atoms. The molecule has 2 saturated heterocycles. The van der Waals surface area contributed by atoms with Gasteiger partial charge in [0.15, 0.2) is 0 Å². The topological polar surface area (TPSA) is 86.8 Å². The van der Waals surface area contributed by atoms with E-state index in [1.165, 1.54) is 22.9 Å². The Hall–Kier alpha value is -2.00. The summed E-state index contributed by atoms with van der Waals surface area (Å²) in [5, 5.41) is 3.10. The Bertz CT molecular complexity index is 939. The highest BCUT2D eigenvalue weighted by atomic mass is 32.2. The van der Waals surface area contributed by atoms with E-state index in [1.807, 2.05) is 4.90 Å². The highest BCUT2D eigenvalue weighted by molar-refractivity contribution is 7.89. The molecule has 1 saturated carbocycles. The van der Waals surface area contributed by atoms with Crippen molar-refractivity contribution in [3.8, 4) is 0 Å². The van der Waals surface area contributed by atoms with Crippen molar-refractivity contribution in [2.45, 2.75) is 68.7 Å². The third-order valence-electron chi connectivity index (χ3n) is 7.31. The van der Waals surface area contributed by atoms with Crippen LogP contribution in [-0.4, -0.2) is 61.7 Å². The van der Waals surface area contributed by atoms with E-state index < -0.39 is 21.8 Å². The number of rotatable bonds is 5. The summed E-state index contributed by atoms with van der Waals surface area (Å²) < 4.78 is 40.4. The molecule has 7 nitrogen and oxygen atoms in total. The summed E-state index contributed by atoms with van der Waals surface area (Å²) in [6.07, 6.45) is 8.19. The molecule has 3 fully saturated rings. The Labute approximate surface area is 195 Å². The molecular weight excluding hydrogens is 445 g/mol. The molecule has 1 unspecified atom stereocenters. The number of hydrogen-bond donors (Lipinski definition) is 1. The van der Waals surface area contributed by atoms with Gasteiger partial charge < -0.3 is 10.2 Å². The summed E-state index contributed by atoms with van der Waals surface area (Å²) in [6.45, 7) is 1.81. The monoisotopic (exact) mass is 479 g/mol. The molecule has 1 aromatic rings. The summed E-state index contributed by atoms with van der Waals surface area (Å²) >= 11 is 0. The number of nitrogens with one attached hydrogen (secondary N) is 1. The second-order valence-electron chi connectivity index (χ2n) is 9.60. The molecule has 3 aliphatic rings. The van der Waals surface area contributed by atoms with Gasteiger partial charge in [0.25, 0.3) is 0 Å². The standard InChI is InChI=1S/C24H34FN3O4S/c25-20-8-10-22(11-9-20)33(31,32)28-14-4-7-19(17-28)23(29)26-21-12-15-27(16-13-21)24(30)18-5-2-1-3-6-18/h8-11,18-19,21H,1-7,12-17H2,(H,26,29). The van der Waals surface area contributed by atoms with Crippen LogP contribution >= 0.6 is 0 Å². The van der Waals surface area contributed by atoms with Gasteiger partial charge in [-0.15, -0.1) is 0 Å². The largest absolute Gasteiger partial charge is 0.353 e. The van der Waals surface area contributed by atoms with Crippen LogP contribution in [0.3, 0.4) is 0 Å². The number of sulfonamides is 1. The Morgan fingerprint density at radius 3 is 2.15 bits per heavy atom. The van der Waals surface area contributed by atoms with Crippen LogP contribution in [0.4, 0.5) is 4.39 Å². The maximum Gasteiger partial charge on any atom is 0.243 e. The molecule has 2 amide bonds. The van der Waals surface area contributed by atoms with Crippen molar-refractivity contribution in [3.05, 3.63) is 30.1 Å². The van der Waals surface area contributed by atoms with Gasteiger partial charge in [-0.05, 0) is 62.8 Å². The molecule has 0 bridgehead atoms. The van der Waals surface area contributed by atoms with E-state index in [1.54, 1.807) is 0 Å². The molecule has 33 heavy (non-hydrogen) atoms. The van der Waals surface area contributed by atoms with Crippen LogP contribution in [0.15, 0.2) is 29.2 Å². The van der Waals surface area contributed by atoms with Crippen LogP contribution in [-0.2, 0) is 19.6 Å². The number of nitrogens with zero attached hydrogens (tertiary/aromatic N) is 2. The van der Waals surface area contributed by atoms with E-state index in [9.17, 15) is 22.4 Å². The highest BCUT2D eigenvalue weighted by Gasteiger charge is 2.35. The lowest BCUT2D eigenvalue weighted by molar-refractivity contribution is -0.137. The molecular formula is C24H34FN3O4S. The van der Waals surface area contributed by atoms with Crippen molar-refractivity contribution < 1.29 is 22.4 Å². The van der Waals surface area contributed by atoms with E-state index in [-0.39, 0.29) is 35.2 Å². The van der Waals surface area contributed by atoms with Gasteiger partial charge in [-0.3, -0.25) is 9.59 Å². The zero-order valence-electron chi connectivity index (χ0n) is 19.0. The third kappa shape index (κ3) is 5.74. The summed E-state index contributed by atoms with van der Waals surface area (Å²) in [5.41, 5.74) is 0. The van der Waals surface area contributed by atoms with Crippen molar-refractivity contribution in [1.82, 2.24) is 14.5 Å². The highest BCUT2D eigenvalue weighted by Crippen LogP contribution is 2.27. The van der Waals surface area contributed by atoms with Crippen molar-refractivity contribution in [2.75, 3.05) is 26.2 Å². The summed E-state index contributed by atoms with van der Waals surface area (Å²) in [4.78, 5) is 27.7. The van der Waals surface area contributed by atoms with Gasteiger partial charge in [0.2, 0.25) is 21.8 Å². The number of halogens is 1. The van der Waals surface area contributed by atoms with Crippen molar-refractivity contribution in [1.29, 1.82) is 0 Å². The molecule has 9 heteroatoms. The second-order valence-corrected chi connectivity index (χ2v) is 11.5. The number of amides is 2. The minimum atomic E-state index is -3.76. The summed E-state index contributed by atoms with van der Waals surface area (Å²) in [6, 6.07) is 4.80. The van der Waals surface area contributed by atoms with Crippen molar-refractivity contribution in [3.63, 3.8) is 0 Å². The van der Waals surface area contributed by atoms with Crippen LogP contribution in [0.5, 0.6) is 0 Å². The van der Waals surface area contributed by atoms with Gasteiger partial charge in [0.05, 0.1) is 10.8 Å². The van der Waals surface area contributed by atoms with Crippen molar-refractivity contribution in [2.24, 2.45) is 11.8 Å². The SMILES string of the molecule is O=C(NC1CCN(C(=O)C2CCCCC2)CC1)C1CCCN(S(=O)(=O)c2ccc(F)cc2)C1. The number of hydrogen-bond acceptors (Lipinski definition) is 4. The van der Waals surface area contributed by atoms with Gasteiger partial charge >= 0.3 is 0 Å². The summed E-state index contributed by atoms with van der Waals surface area (Å²) in [5.74, 6) is -0.576. The molecule has 1 N–H and O–H groups in total. The maximum absolute atomic E-state index is 13.2. The normalized spacial score (nSPS) is 23.9. The van der Waals surface area contributed by atoms with Crippen LogP contribution in [0, 0.1) is 17.7 Å². The molecule has 182 valence electrons. The third-order valence-corrected chi connectivity index (χ3v) is 9.19. The van der Waals surface area contributed by atoms with E-state index in [2.05, 4.69) is 5.32 Å². The predicted octanol–water partition coefficient (Wildman–Crippen LogP) is 2.91. The average molecular weight is 480 g/mol. The molecule has 1 atom stereocenters. The van der Waals surface area contributed by atoms with Crippen molar-refractivity contribution >= 4 is 21.8 Å². The van der Waals surface area contributed by atoms with Gasteiger partial charge in [0.1, 0.15) is 5.82 Å². The van der Waals surface area contributed by atoms with Gasteiger partial charge in [0, 0.05) is 38.1 Å². The molecule has 4 rings (SSSR count). The van der Waals surface area contributed by atoms with E-state index in [0.717, 1.165) is 50.7 Å². The molecule has 1 aromatic carbocycles. The average Bonchev–Trinajstić information content (AvgIpc) is 2.85. The van der Waals surface area contributed by atoms with Gasteiger partial charge in [-0.25, -0.2) is 12.8 Å². The Morgan fingerprint density at radius 2 is 1.48 bits per heavy atom. The van der Waals surface area contributed by atoms with E-state index in [4.69, 9.17) is 0 Å². The smallest absolute Gasteiger partial charge is 0.243 e. The Kier molecular flexibility index (Phi) is 7.69. The molecule has 0 aromatic heterocycles. The lowest BCUT2D eigenvalue weighted by Crippen LogP contribution is -2.51. The van der Waals surface area contributed by atoms with Gasteiger partial charge in [-0.2, -0.15) is 4.31 Å². The minimum absolute atomic E-state index is 0.0111. The van der Waals surface area contributed by atoms with Crippen LogP contribution < -0.4 is 5.32 Å². The fourth-order valence-corrected chi connectivity index (χ4v) is 6.83. The lowest BCUT2D eigenvalue weighted by atomic mass is 9.87. The number of carbonyl (C=O) groups is 2. The first kappa shape index (κ1) is 24.1. The quantitative estimate of drug-likeness (QED) is 0.704. The first-order valence-electron chi connectivity index (χ1n) is 12.2. The Morgan fingerprint density at radius 1 is 0.848 bits per heavy atom. The van der Waals surface area contributed by atoms with Crippen LogP contribution in [0.25, 0.3) is 0 Å². The predicted molar refractivity (Wildman–Crippen MR) is 122 cm³/mol. The molecule has 2 heterocycles. The number of piperidine rings is 2. The fourth-order valence-electron chi connectivity index (χ4n) is 5.30. The second kappa shape index (κ2) is 10.5. The maximum atomic E-state index is 13.2. The first-order chi connectivity index (χ1) is 15.8. The van der Waals surface area contributed by atoms with Crippen LogP contribution in [0.1, 0.15) is 57.8 Å². The number of likely N-dealkylation sites (tertiary alicyclic amines) is 1. The van der Waals surface area contributed by atoms with E-state index in [0.29, 0.717) is 32.5 Å². The molecule has 2 aliphatic heterocycles. The molecule has 1 aliphatic carbocycles. The van der Waals surface area contributed by atoms with Gasteiger partial charge in [-0.1, -0.05) is 19.3 Å². The zero-order valence-corrected chi connectivity index (χ0v) is 19.9. The minimum Gasteiger partial charge on any atom is -0.353 e. The van der Waals surface area contributed by atoms with E-state index >= 15 is 0 Å². The first-order valence-corrected chi connectivity index (χ1v) is 13.6. The number of carbonyl (C=O) groups excluding carboxylic acids is 2. The number of benzene rings is 1. The zero-order chi connectivity index (χ0) is 23.4.